The normalized spacial score (nSPS) is 11.1. The Morgan fingerprint density at radius 3 is 2.39 bits per heavy atom. The van der Waals surface area contributed by atoms with Gasteiger partial charge in [0.05, 0.1) is 6.21 Å². The summed E-state index contributed by atoms with van der Waals surface area (Å²) in [6, 6.07) is 20.8. The molecule has 0 aliphatic heterocycles. The smallest absolute Gasteiger partial charge is 0.271 e. The minimum Gasteiger partial charge on any atom is -0.326 e. The molecule has 0 aliphatic rings. The molecule has 28 heavy (non-hydrogen) atoms. The van der Waals surface area contributed by atoms with E-state index in [1.807, 2.05) is 56.3 Å². The highest BCUT2D eigenvalue weighted by Gasteiger charge is 2.07. The van der Waals surface area contributed by atoms with E-state index in [1.54, 1.807) is 30.5 Å². The second-order valence-electron chi connectivity index (χ2n) is 7.03. The van der Waals surface area contributed by atoms with Crippen LogP contribution in [0.1, 0.15) is 36.2 Å². The zero-order chi connectivity index (χ0) is 19.9. The number of fused-ring (bicyclic) bond motifs is 1. The summed E-state index contributed by atoms with van der Waals surface area (Å²) in [5.41, 5.74) is 4.57. The predicted molar refractivity (Wildman–Crippen MR) is 114 cm³/mol. The lowest BCUT2D eigenvalue weighted by molar-refractivity contribution is -0.116. The van der Waals surface area contributed by atoms with Crippen molar-refractivity contribution in [2.75, 3.05) is 5.32 Å². The van der Waals surface area contributed by atoms with E-state index in [1.165, 1.54) is 0 Å². The topological polar surface area (TPSA) is 70.6 Å². The number of hydrogen-bond acceptors (Lipinski definition) is 3. The Labute approximate surface area is 164 Å². The highest BCUT2D eigenvalue weighted by molar-refractivity contribution is 5.96. The standard InChI is InChI=1S/C23H23N3O2/c1-16(2)13-22(27)25-21-11-9-19(10-12-21)23(28)26-24-15-17-7-8-18-5-3-4-6-20(18)14-17/h3-12,14-16H,13H2,1-2H3,(H,25,27)(H,26,28). The van der Waals surface area contributed by atoms with Gasteiger partial charge in [-0.1, -0.05) is 50.2 Å². The molecule has 2 amide bonds. The minimum absolute atomic E-state index is 0.0350. The summed E-state index contributed by atoms with van der Waals surface area (Å²) in [5.74, 6) is -0.0465. The maximum atomic E-state index is 12.2. The summed E-state index contributed by atoms with van der Waals surface area (Å²) in [7, 11) is 0. The molecular weight excluding hydrogens is 350 g/mol. The Morgan fingerprint density at radius 1 is 0.964 bits per heavy atom. The van der Waals surface area contributed by atoms with Gasteiger partial charge in [0.15, 0.2) is 0 Å². The van der Waals surface area contributed by atoms with Crippen molar-refractivity contribution in [2.24, 2.45) is 11.0 Å². The van der Waals surface area contributed by atoms with Crippen molar-refractivity contribution in [3.05, 3.63) is 77.9 Å². The Bertz CT molecular complexity index is 1010. The number of nitrogens with one attached hydrogen (secondary N) is 2. The van der Waals surface area contributed by atoms with E-state index in [-0.39, 0.29) is 11.8 Å². The monoisotopic (exact) mass is 373 g/mol. The fourth-order valence-corrected chi connectivity index (χ4v) is 2.81. The molecule has 0 unspecified atom stereocenters. The molecule has 3 aromatic carbocycles. The van der Waals surface area contributed by atoms with Crippen LogP contribution in [0.2, 0.25) is 0 Å². The third kappa shape index (κ3) is 5.27. The number of hydrogen-bond donors (Lipinski definition) is 2. The summed E-state index contributed by atoms with van der Waals surface area (Å²) in [5, 5.41) is 9.13. The maximum Gasteiger partial charge on any atom is 0.271 e. The van der Waals surface area contributed by atoms with Crippen molar-refractivity contribution in [3.8, 4) is 0 Å². The Morgan fingerprint density at radius 2 is 1.68 bits per heavy atom. The molecule has 0 fully saturated rings. The zero-order valence-electron chi connectivity index (χ0n) is 16.0. The van der Waals surface area contributed by atoms with Crippen LogP contribution in [0, 0.1) is 5.92 Å². The first-order valence-electron chi connectivity index (χ1n) is 9.23. The van der Waals surface area contributed by atoms with Crippen LogP contribution in [0.3, 0.4) is 0 Å². The highest BCUT2D eigenvalue weighted by Crippen LogP contribution is 2.14. The SMILES string of the molecule is CC(C)CC(=O)Nc1ccc(C(=O)NN=Cc2ccc3ccccc3c2)cc1. The lowest BCUT2D eigenvalue weighted by Gasteiger charge is -2.07. The van der Waals surface area contributed by atoms with Crippen LogP contribution < -0.4 is 10.7 Å². The average molecular weight is 373 g/mol. The Hall–Kier alpha value is -3.47. The summed E-state index contributed by atoms with van der Waals surface area (Å²) < 4.78 is 0. The van der Waals surface area contributed by atoms with Gasteiger partial charge in [-0.25, -0.2) is 5.43 Å². The van der Waals surface area contributed by atoms with Gasteiger partial charge in [0.2, 0.25) is 5.91 Å². The van der Waals surface area contributed by atoms with Crippen molar-refractivity contribution >= 4 is 34.5 Å². The van der Waals surface area contributed by atoms with Crippen molar-refractivity contribution in [1.82, 2.24) is 5.43 Å². The molecule has 0 radical (unpaired) electrons. The number of amides is 2. The predicted octanol–water partition coefficient (Wildman–Crippen LogP) is 4.59. The fraction of sp³-hybridized carbons (Fsp3) is 0.174. The van der Waals surface area contributed by atoms with Gasteiger partial charge in [0, 0.05) is 17.7 Å². The van der Waals surface area contributed by atoms with Crippen LogP contribution in [0.15, 0.2) is 71.8 Å². The van der Waals surface area contributed by atoms with Crippen LogP contribution in [0.5, 0.6) is 0 Å². The number of nitrogens with zero attached hydrogens (tertiary/aromatic N) is 1. The van der Waals surface area contributed by atoms with Gasteiger partial charge in [-0.2, -0.15) is 5.10 Å². The number of carbonyl (C=O) groups excluding carboxylic acids is 2. The van der Waals surface area contributed by atoms with E-state index in [4.69, 9.17) is 0 Å². The third-order valence-electron chi connectivity index (χ3n) is 4.18. The fourth-order valence-electron chi connectivity index (χ4n) is 2.81. The largest absolute Gasteiger partial charge is 0.326 e. The second kappa shape index (κ2) is 8.95. The molecule has 0 saturated carbocycles. The second-order valence-corrected chi connectivity index (χ2v) is 7.03. The van der Waals surface area contributed by atoms with E-state index >= 15 is 0 Å². The number of benzene rings is 3. The summed E-state index contributed by atoms with van der Waals surface area (Å²) in [6.07, 6.45) is 2.08. The van der Waals surface area contributed by atoms with E-state index in [9.17, 15) is 9.59 Å². The van der Waals surface area contributed by atoms with Gasteiger partial charge in [0.25, 0.3) is 5.91 Å². The van der Waals surface area contributed by atoms with E-state index in [0.29, 0.717) is 23.6 Å². The van der Waals surface area contributed by atoms with Gasteiger partial charge in [0.1, 0.15) is 0 Å². The maximum absolute atomic E-state index is 12.2. The molecule has 0 saturated heterocycles. The van der Waals surface area contributed by atoms with E-state index < -0.39 is 0 Å². The molecule has 0 spiro atoms. The summed E-state index contributed by atoms with van der Waals surface area (Å²) in [6.45, 7) is 3.98. The van der Waals surface area contributed by atoms with E-state index in [2.05, 4.69) is 15.8 Å². The number of hydrazone groups is 1. The van der Waals surface area contributed by atoms with Crippen molar-refractivity contribution in [1.29, 1.82) is 0 Å². The summed E-state index contributed by atoms with van der Waals surface area (Å²) >= 11 is 0. The zero-order valence-corrected chi connectivity index (χ0v) is 16.0. The van der Waals surface area contributed by atoms with Crippen LogP contribution in [0.25, 0.3) is 10.8 Å². The first kappa shape index (κ1) is 19.3. The molecule has 142 valence electrons. The molecule has 5 nitrogen and oxygen atoms in total. The van der Waals surface area contributed by atoms with Gasteiger partial charge in [-0.15, -0.1) is 0 Å². The van der Waals surface area contributed by atoms with Crippen LogP contribution in [-0.4, -0.2) is 18.0 Å². The van der Waals surface area contributed by atoms with Crippen LogP contribution in [0.4, 0.5) is 5.69 Å². The van der Waals surface area contributed by atoms with Crippen molar-refractivity contribution in [3.63, 3.8) is 0 Å². The number of rotatable bonds is 6. The lowest BCUT2D eigenvalue weighted by atomic mass is 10.1. The third-order valence-corrected chi connectivity index (χ3v) is 4.18. The number of anilines is 1. The molecule has 0 heterocycles. The molecule has 3 rings (SSSR count). The van der Waals surface area contributed by atoms with Crippen molar-refractivity contribution in [2.45, 2.75) is 20.3 Å². The quantitative estimate of drug-likeness (QED) is 0.490. The first-order chi connectivity index (χ1) is 13.5. The molecule has 5 heteroatoms. The molecule has 0 aliphatic carbocycles. The van der Waals surface area contributed by atoms with Gasteiger partial charge >= 0.3 is 0 Å². The van der Waals surface area contributed by atoms with Crippen LogP contribution >= 0.6 is 0 Å². The molecule has 0 bridgehead atoms. The van der Waals surface area contributed by atoms with Gasteiger partial charge in [-0.3, -0.25) is 9.59 Å². The first-order valence-corrected chi connectivity index (χ1v) is 9.23. The lowest BCUT2D eigenvalue weighted by Crippen LogP contribution is -2.18. The number of carbonyl (C=O) groups is 2. The molecule has 0 atom stereocenters. The van der Waals surface area contributed by atoms with Crippen molar-refractivity contribution < 1.29 is 9.59 Å². The highest BCUT2D eigenvalue weighted by atomic mass is 16.2. The molecule has 3 aromatic rings. The summed E-state index contributed by atoms with van der Waals surface area (Å²) in [4.78, 5) is 24.0. The molecule has 0 aromatic heterocycles. The Kier molecular flexibility index (Phi) is 6.17. The van der Waals surface area contributed by atoms with Gasteiger partial charge < -0.3 is 5.32 Å². The molecule has 2 N–H and O–H groups in total. The average Bonchev–Trinajstić information content (AvgIpc) is 2.67. The molecular formula is C23H23N3O2. The van der Waals surface area contributed by atoms with Crippen LogP contribution in [-0.2, 0) is 4.79 Å². The van der Waals surface area contributed by atoms with Gasteiger partial charge in [-0.05, 0) is 52.6 Å². The minimum atomic E-state index is -0.308. The van der Waals surface area contributed by atoms with E-state index in [0.717, 1.165) is 16.3 Å². The Balaban J connectivity index is 1.58.